The molecule has 3 heteroatoms. The Morgan fingerprint density at radius 3 is 2.36 bits per heavy atom. The number of nitrogens with zero attached hydrogens (tertiary/aromatic N) is 1. The molecule has 1 saturated heterocycles. The first-order valence-corrected chi connectivity index (χ1v) is 3.80. The quantitative estimate of drug-likeness (QED) is 0.664. The SMILES string of the molecule is CN1C[CH-]CCC1.[CH2-]CN.[W+2]. The molecule has 0 aliphatic carbocycles. The molecule has 1 aliphatic rings. The first-order chi connectivity index (χ1) is 4.81. The average molecular weight is 326 g/mol. The molecule has 1 heterocycles. The van der Waals surface area contributed by atoms with Crippen LogP contribution in [0.2, 0.25) is 0 Å². The summed E-state index contributed by atoms with van der Waals surface area (Å²) in [6.07, 6.45) is 5.02. The van der Waals surface area contributed by atoms with E-state index < -0.39 is 0 Å². The van der Waals surface area contributed by atoms with Gasteiger partial charge in [-0.25, -0.2) is 0 Å². The number of hydrogen-bond acceptors (Lipinski definition) is 2. The molecule has 0 radical (unpaired) electrons. The van der Waals surface area contributed by atoms with Gasteiger partial charge in [-0.1, -0.05) is 6.42 Å². The summed E-state index contributed by atoms with van der Waals surface area (Å²) in [7, 11) is 2.16. The summed E-state index contributed by atoms with van der Waals surface area (Å²) in [6, 6.07) is 0. The average Bonchev–Trinajstić information content (AvgIpc) is 1.91. The zero-order chi connectivity index (χ0) is 7.82. The molecule has 1 aliphatic heterocycles. The number of likely N-dealkylation sites (tertiary alicyclic amines) is 1. The fourth-order valence-electron chi connectivity index (χ4n) is 0.909. The normalized spacial score (nSPS) is 17.7. The number of rotatable bonds is 0. The molecular formula is C8H18N2W. The second-order valence-corrected chi connectivity index (χ2v) is 2.48. The van der Waals surface area contributed by atoms with Gasteiger partial charge in [-0.2, -0.15) is 6.42 Å². The molecule has 0 aromatic carbocycles. The van der Waals surface area contributed by atoms with Crippen LogP contribution < -0.4 is 5.73 Å². The molecule has 1 rings (SSSR count). The van der Waals surface area contributed by atoms with Crippen LogP contribution in [0.15, 0.2) is 0 Å². The van der Waals surface area contributed by atoms with Crippen LogP contribution in [0, 0.1) is 13.3 Å². The second-order valence-electron chi connectivity index (χ2n) is 2.48. The summed E-state index contributed by atoms with van der Waals surface area (Å²) >= 11 is 0. The van der Waals surface area contributed by atoms with E-state index in [2.05, 4.69) is 25.3 Å². The Balaban J connectivity index is 0. The maximum atomic E-state index is 4.74. The molecule has 0 spiro atoms. The van der Waals surface area contributed by atoms with Gasteiger partial charge < -0.3 is 24.0 Å². The van der Waals surface area contributed by atoms with Crippen LogP contribution in [0.1, 0.15) is 12.8 Å². The van der Waals surface area contributed by atoms with Crippen molar-refractivity contribution in [2.45, 2.75) is 12.8 Å². The number of nitrogens with two attached hydrogens (primary N) is 1. The molecule has 0 atom stereocenters. The van der Waals surface area contributed by atoms with Gasteiger partial charge in [-0.3, -0.25) is 0 Å². The molecule has 0 bridgehead atoms. The monoisotopic (exact) mass is 326 g/mol. The van der Waals surface area contributed by atoms with E-state index in [0.29, 0.717) is 6.54 Å². The van der Waals surface area contributed by atoms with E-state index in [9.17, 15) is 0 Å². The van der Waals surface area contributed by atoms with Crippen molar-refractivity contribution in [1.82, 2.24) is 4.90 Å². The summed E-state index contributed by atoms with van der Waals surface area (Å²) in [6.45, 7) is 6.25. The van der Waals surface area contributed by atoms with E-state index in [-0.39, 0.29) is 21.1 Å². The van der Waals surface area contributed by atoms with Gasteiger partial charge >= 0.3 is 21.1 Å². The topological polar surface area (TPSA) is 29.3 Å². The molecule has 1 fully saturated rings. The van der Waals surface area contributed by atoms with Gasteiger partial charge in [0.05, 0.1) is 0 Å². The molecule has 0 saturated carbocycles. The molecule has 0 amide bonds. The first-order valence-electron chi connectivity index (χ1n) is 3.80. The summed E-state index contributed by atoms with van der Waals surface area (Å²) in [5, 5.41) is 0. The minimum atomic E-state index is 0. The van der Waals surface area contributed by atoms with Crippen molar-refractivity contribution in [3.63, 3.8) is 0 Å². The molecule has 0 aromatic heterocycles. The Morgan fingerprint density at radius 2 is 2.18 bits per heavy atom. The fourth-order valence-corrected chi connectivity index (χ4v) is 0.909. The maximum absolute atomic E-state index is 4.74. The van der Waals surface area contributed by atoms with Crippen LogP contribution >= 0.6 is 0 Å². The van der Waals surface area contributed by atoms with Gasteiger partial charge in [0.1, 0.15) is 0 Å². The van der Waals surface area contributed by atoms with E-state index in [1.54, 1.807) is 0 Å². The van der Waals surface area contributed by atoms with Crippen LogP contribution in [0.5, 0.6) is 0 Å². The Kier molecular flexibility index (Phi) is 13.6. The Morgan fingerprint density at radius 1 is 1.64 bits per heavy atom. The Hall–Kier alpha value is 0.608. The zero-order valence-electron chi connectivity index (χ0n) is 7.25. The third-order valence-electron chi connectivity index (χ3n) is 1.39. The van der Waals surface area contributed by atoms with Crippen molar-refractivity contribution in [1.29, 1.82) is 0 Å². The van der Waals surface area contributed by atoms with Crippen molar-refractivity contribution < 1.29 is 21.1 Å². The smallest absolute Gasteiger partial charge is 0.360 e. The van der Waals surface area contributed by atoms with Crippen molar-refractivity contribution in [3.05, 3.63) is 13.3 Å². The van der Waals surface area contributed by atoms with Gasteiger partial charge in [0.25, 0.3) is 0 Å². The zero-order valence-corrected chi connectivity index (χ0v) is 10.2. The van der Waals surface area contributed by atoms with E-state index in [0.717, 1.165) is 0 Å². The second kappa shape index (κ2) is 10.6. The largest absolute Gasteiger partial charge is 2.00 e. The summed E-state index contributed by atoms with van der Waals surface area (Å²) < 4.78 is 0. The third-order valence-corrected chi connectivity index (χ3v) is 1.39. The van der Waals surface area contributed by atoms with Crippen molar-refractivity contribution in [2.75, 3.05) is 26.7 Å². The Labute approximate surface area is 84.8 Å². The van der Waals surface area contributed by atoms with Crippen molar-refractivity contribution in [2.24, 2.45) is 5.73 Å². The number of piperidine rings is 1. The molecule has 11 heavy (non-hydrogen) atoms. The minimum Gasteiger partial charge on any atom is -0.360 e. The standard InChI is InChI=1S/C6H12N.C2H6N.W/c1-7-5-3-2-4-6-7;1-2-3;/h3H,2,4-6H2,1H3;1-3H2;/q2*-1;+2. The van der Waals surface area contributed by atoms with Gasteiger partial charge in [0.2, 0.25) is 0 Å². The summed E-state index contributed by atoms with van der Waals surface area (Å²) in [4.78, 5) is 2.34. The summed E-state index contributed by atoms with van der Waals surface area (Å²) in [5.74, 6) is 0. The van der Waals surface area contributed by atoms with E-state index >= 15 is 0 Å². The molecular weight excluding hydrogens is 308 g/mol. The predicted octanol–water partition coefficient (Wildman–Crippen LogP) is 0.693. The Bertz CT molecular complexity index is 63.1. The van der Waals surface area contributed by atoms with Gasteiger partial charge in [-0.05, 0) is 13.6 Å². The number of hydrogen-bond donors (Lipinski definition) is 1. The van der Waals surface area contributed by atoms with Crippen molar-refractivity contribution >= 4 is 0 Å². The maximum Gasteiger partial charge on any atom is 2.00 e. The molecule has 2 nitrogen and oxygen atoms in total. The van der Waals surface area contributed by atoms with Gasteiger partial charge in [0.15, 0.2) is 0 Å². The van der Waals surface area contributed by atoms with E-state index in [1.807, 2.05) is 0 Å². The minimum absolute atomic E-state index is 0. The summed E-state index contributed by atoms with van der Waals surface area (Å²) in [5.41, 5.74) is 4.74. The third kappa shape index (κ3) is 10.6. The van der Waals surface area contributed by atoms with Gasteiger partial charge in [-0.15, -0.1) is 13.1 Å². The fraction of sp³-hybridized carbons (Fsp3) is 0.750. The van der Waals surface area contributed by atoms with Crippen LogP contribution in [0.4, 0.5) is 0 Å². The molecule has 0 unspecified atom stereocenters. The molecule has 0 aromatic rings. The van der Waals surface area contributed by atoms with Crippen molar-refractivity contribution in [3.8, 4) is 0 Å². The van der Waals surface area contributed by atoms with E-state index in [1.165, 1.54) is 25.9 Å². The van der Waals surface area contributed by atoms with Crippen LogP contribution in [0.25, 0.3) is 0 Å². The van der Waals surface area contributed by atoms with E-state index in [4.69, 9.17) is 5.73 Å². The van der Waals surface area contributed by atoms with Crippen LogP contribution in [-0.4, -0.2) is 31.6 Å². The van der Waals surface area contributed by atoms with Crippen LogP contribution in [0.3, 0.4) is 0 Å². The molecule has 66 valence electrons. The predicted molar refractivity (Wildman–Crippen MR) is 45.4 cm³/mol. The van der Waals surface area contributed by atoms with Crippen LogP contribution in [-0.2, 0) is 21.1 Å². The van der Waals surface area contributed by atoms with Gasteiger partial charge in [0, 0.05) is 0 Å². The molecule has 2 N–H and O–H groups in total. The first kappa shape index (κ1) is 14.2.